The van der Waals surface area contributed by atoms with E-state index < -0.39 is 0 Å². The van der Waals surface area contributed by atoms with Crippen LogP contribution in [0.5, 0.6) is 0 Å². The molecule has 0 radical (unpaired) electrons. The highest BCUT2D eigenvalue weighted by Gasteiger charge is 2.13. The molecule has 5 nitrogen and oxygen atoms in total. The van der Waals surface area contributed by atoms with Crippen molar-refractivity contribution in [2.45, 2.75) is 23.0 Å². The Hall–Kier alpha value is -2.18. The van der Waals surface area contributed by atoms with Gasteiger partial charge in [-0.25, -0.2) is 0 Å². The number of nitrogens with two attached hydrogens (primary N) is 1. The number of hydrogen-bond acceptors (Lipinski definition) is 5. The standard InChI is InChI=1S/C15H15N5S/c1-11(16)13-9-5-6-10-14(13)21-15-17-18-19-20(15)12-7-3-2-4-8-12/h2-11H,16H2,1H3. The minimum atomic E-state index is -0.0326. The Kier molecular flexibility index (Phi) is 3.98. The smallest absolute Gasteiger partial charge is 0.218 e. The molecule has 0 bridgehead atoms. The van der Waals surface area contributed by atoms with Crippen LogP contribution in [0.2, 0.25) is 0 Å². The zero-order chi connectivity index (χ0) is 14.7. The molecular weight excluding hydrogens is 282 g/mol. The van der Waals surface area contributed by atoms with Crippen LogP contribution in [0.15, 0.2) is 64.6 Å². The fourth-order valence-electron chi connectivity index (χ4n) is 2.02. The molecule has 0 spiro atoms. The maximum absolute atomic E-state index is 6.02. The lowest BCUT2D eigenvalue weighted by atomic mass is 10.1. The topological polar surface area (TPSA) is 69.6 Å². The zero-order valence-electron chi connectivity index (χ0n) is 11.5. The Bertz CT molecular complexity index is 724. The van der Waals surface area contributed by atoms with Crippen molar-refractivity contribution in [1.82, 2.24) is 20.2 Å². The van der Waals surface area contributed by atoms with Crippen molar-refractivity contribution in [2.24, 2.45) is 5.73 Å². The van der Waals surface area contributed by atoms with Crippen LogP contribution >= 0.6 is 11.8 Å². The first-order valence-corrected chi connectivity index (χ1v) is 7.43. The molecule has 106 valence electrons. The molecule has 0 saturated heterocycles. The maximum atomic E-state index is 6.02. The first-order chi connectivity index (χ1) is 10.3. The summed E-state index contributed by atoms with van der Waals surface area (Å²) < 4.78 is 1.72. The van der Waals surface area contributed by atoms with Crippen LogP contribution in [0.3, 0.4) is 0 Å². The van der Waals surface area contributed by atoms with Gasteiger partial charge in [0.2, 0.25) is 5.16 Å². The van der Waals surface area contributed by atoms with Gasteiger partial charge in [-0.05, 0) is 52.9 Å². The number of aromatic nitrogens is 4. The third kappa shape index (κ3) is 2.96. The summed E-state index contributed by atoms with van der Waals surface area (Å²) in [4.78, 5) is 1.07. The third-order valence-corrected chi connectivity index (χ3v) is 4.08. The van der Waals surface area contributed by atoms with E-state index in [0.717, 1.165) is 16.1 Å². The molecule has 2 N–H and O–H groups in total. The average Bonchev–Trinajstić information content (AvgIpc) is 2.96. The highest BCUT2D eigenvalue weighted by atomic mass is 32.2. The second-order valence-electron chi connectivity index (χ2n) is 4.64. The number of tetrazole rings is 1. The van der Waals surface area contributed by atoms with Crippen LogP contribution < -0.4 is 5.73 Å². The van der Waals surface area contributed by atoms with E-state index in [2.05, 4.69) is 15.5 Å². The normalized spacial score (nSPS) is 12.3. The Labute approximate surface area is 127 Å². The number of benzene rings is 2. The highest BCUT2D eigenvalue weighted by molar-refractivity contribution is 7.99. The predicted octanol–water partition coefficient (Wildman–Crippen LogP) is 2.83. The molecule has 0 saturated carbocycles. The Morgan fingerprint density at radius 2 is 1.76 bits per heavy atom. The van der Waals surface area contributed by atoms with E-state index in [0.29, 0.717) is 5.16 Å². The van der Waals surface area contributed by atoms with Gasteiger partial charge in [0.05, 0.1) is 5.69 Å². The first-order valence-electron chi connectivity index (χ1n) is 6.62. The molecule has 1 unspecified atom stereocenters. The quantitative estimate of drug-likeness (QED) is 0.802. The van der Waals surface area contributed by atoms with E-state index in [1.807, 2.05) is 61.5 Å². The molecule has 2 aromatic carbocycles. The number of hydrogen-bond donors (Lipinski definition) is 1. The zero-order valence-corrected chi connectivity index (χ0v) is 12.4. The van der Waals surface area contributed by atoms with Crippen molar-refractivity contribution < 1.29 is 0 Å². The molecule has 0 amide bonds. The molecule has 1 aromatic heterocycles. The van der Waals surface area contributed by atoms with Gasteiger partial charge in [0, 0.05) is 10.9 Å². The minimum Gasteiger partial charge on any atom is -0.324 e. The molecule has 0 aliphatic rings. The predicted molar refractivity (Wildman–Crippen MR) is 82.3 cm³/mol. The van der Waals surface area contributed by atoms with Crippen LogP contribution in [-0.2, 0) is 0 Å². The largest absolute Gasteiger partial charge is 0.324 e. The van der Waals surface area contributed by atoms with Gasteiger partial charge in [-0.1, -0.05) is 36.4 Å². The van der Waals surface area contributed by atoms with Crippen molar-refractivity contribution in [3.63, 3.8) is 0 Å². The molecule has 0 aliphatic heterocycles. The van der Waals surface area contributed by atoms with Crippen LogP contribution in [0.4, 0.5) is 0 Å². The van der Waals surface area contributed by atoms with Crippen LogP contribution in [0, 0.1) is 0 Å². The summed E-state index contributed by atoms with van der Waals surface area (Å²) in [6.07, 6.45) is 0. The fourth-order valence-corrected chi connectivity index (χ4v) is 3.04. The van der Waals surface area contributed by atoms with Gasteiger partial charge in [-0.15, -0.1) is 5.10 Å². The first kappa shape index (κ1) is 13.8. The lowest BCUT2D eigenvalue weighted by molar-refractivity contribution is 0.755. The maximum Gasteiger partial charge on any atom is 0.218 e. The van der Waals surface area contributed by atoms with Crippen molar-refractivity contribution in [2.75, 3.05) is 0 Å². The van der Waals surface area contributed by atoms with Crippen molar-refractivity contribution in [1.29, 1.82) is 0 Å². The monoisotopic (exact) mass is 297 g/mol. The summed E-state index contributed by atoms with van der Waals surface area (Å²) in [5.41, 5.74) is 8.04. The molecule has 21 heavy (non-hydrogen) atoms. The van der Waals surface area contributed by atoms with E-state index >= 15 is 0 Å². The van der Waals surface area contributed by atoms with Gasteiger partial charge in [-0.3, -0.25) is 0 Å². The number of nitrogens with zero attached hydrogens (tertiary/aromatic N) is 4. The van der Waals surface area contributed by atoms with Crippen molar-refractivity contribution in [3.8, 4) is 5.69 Å². The second-order valence-corrected chi connectivity index (χ2v) is 5.65. The molecule has 3 aromatic rings. The minimum absolute atomic E-state index is 0.0326. The average molecular weight is 297 g/mol. The van der Waals surface area contributed by atoms with E-state index in [9.17, 15) is 0 Å². The second kappa shape index (κ2) is 6.07. The van der Waals surface area contributed by atoms with Gasteiger partial charge >= 0.3 is 0 Å². The summed E-state index contributed by atoms with van der Waals surface area (Å²) in [6.45, 7) is 1.97. The fraction of sp³-hybridized carbons (Fsp3) is 0.133. The highest BCUT2D eigenvalue weighted by Crippen LogP contribution is 2.31. The molecule has 1 heterocycles. The Balaban J connectivity index is 1.96. The lowest BCUT2D eigenvalue weighted by Gasteiger charge is -2.11. The summed E-state index contributed by atoms with van der Waals surface area (Å²) in [6, 6.07) is 17.8. The van der Waals surface area contributed by atoms with E-state index in [4.69, 9.17) is 5.73 Å². The van der Waals surface area contributed by atoms with E-state index in [1.165, 1.54) is 11.8 Å². The Morgan fingerprint density at radius 3 is 2.52 bits per heavy atom. The molecule has 1 atom stereocenters. The van der Waals surface area contributed by atoms with Gasteiger partial charge in [0.25, 0.3) is 0 Å². The molecule has 6 heteroatoms. The van der Waals surface area contributed by atoms with Crippen LogP contribution in [-0.4, -0.2) is 20.2 Å². The molecule has 0 fully saturated rings. The summed E-state index contributed by atoms with van der Waals surface area (Å²) in [5, 5.41) is 12.7. The van der Waals surface area contributed by atoms with E-state index in [1.54, 1.807) is 4.68 Å². The van der Waals surface area contributed by atoms with Gasteiger partial charge < -0.3 is 5.73 Å². The van der Waals surface area contributed by atoms with Crippen molar-refractivity contribution >= 4 is 11.8 Å². The van der Waals surface area contributed by atoms with Crippen molar-refractivity contribution in [3.05, 3.63) is 60.2 Å². The molecule has 0 aliphatic carbocycles. The summed E-state index contributed by atoms with van der Waals surface area (Å²) >= 11 is 1.52. The molecule has 3 rings (SSSR count). The van der Waals surface area contributed by atoms with E-state index in [-0.39, 0.29) is 6.04 Å². The van der Waals surface area contributed by atoms with Gasteiger partial charge in [0.1, 0.15) is 0 Å². The third-order valence-electron chi connectivity index (χ3n) is 3.05. The number of rotatable bonds is 4. The summed E-state index contributed by atoms with van der Waals surface area (Å²) in [5.74, 6) is 0. The van der Waals surface area contributed by atoms with Crippen LogP contribution in [0.1, 0.15) is 18.5 Å². The summed E-state index contributed by atoms with van der Waals surface area (Å²) in [7, 11) is 0. The SMILES string of the molecule is CC(N)c1ccccc1Sc1nnnn1-c1ccccc1. The lowest BCUT2D eigenvalue weighted by Crippen LogP contribution is -2.06. The van der Waals surface area contributed by atoms with Crippen LogP contribution in [0.25, 0.3) is 5.69 Å². The number of para-hydroxylation sites is 1. The Morgan fingerprint density at radius 1 is 1.05 bits per heavy atom. The molecular formula is C15H15N5S. The van der Waals surface area contributed by atoms with Gasteiger partial charge in [-0.2, -0.15) is 4.68 Å². The van der Waals surface area contributed by atoms with Gasteiger partial charge in [0.15, 0.2) is 0 Å².